The summed E-state index contributed by atoms with van der Waals surface area (Å²) in [5.74, 6) is 0. The zero-order chi connectivity index (χ0) is 6.24. The van der Waals surface area contributed by atoms with Gasteiger partial charge in [0.2, 0.25) is 0 Å². The fourth-order valence-corrected chi connectivity index (χ4v) is 1.30. The van der Waals surface area contributed by atoms with Crippen LogP contribution in [0.2, 0.25) is 4.44 Å². The van der Waals surface area contributed by atoms with Gasteiger partial charge in [-0.15, -0.1) is 0 Å². The molecule has 8 heavy (non-hydrogen) atoms. The summed E-state index contributed by atoms with van der Waals surface area (Å²) in [6, 6.07) is 0. The number of nitrogens with zero attached hydrogens (tertiary/aromatic N) is 1. The van der Waals surface area contributed by atoms with E-state index in [1.54, 1.807) is 0 Å². The summed E-state index contributed by atoms with van der Waals surface area (Å²) in [6.45, 7) is 0.879. The molecule has 0 aliphatic rings. The van der Waals surface area contributed by atoms with Crippen LogP contribution in [0.15, 0.2) is 4.99 Å². The second-order valence-corrected chi connectivity index (χ2v) is 3.30. The molecule has 0 heterocycles. The van der Waals surface area contributed by atoms with Gasteiger partial charge in [-0.1, -0.05) is 0 Å². The molecule has 0 aromatic heterocycles. The Balaban J connectivity index is 2.82. The van der Waals surface area contributed by atoms with Crippen molar-refractivity contribution in [3.63, 3.8) is 0 Å². The maximum absolute atomic E-state index is 4.39. The van der Waals surface area contributed by atoms with Crippen molar-refractivity contribution < 1.29 is 0 Å². The maximum atomic E-state index is 4.39. The van der Waals surface area contributed by atoms with Crippen LogP contribution in [-0.4, -0.2) is 34.2 Å². The Labute approximate surface area is 68.7 Å². The van der Waals surface area contributed by atoms with E-state index in [0.717, 1.165) is 6.54 Å². The molecule has 0 atom stereocenters. The number of unbranched alkanes of at least 4 members (excludes halogenated alkanes) is 1. The molecule has 0 fully saturated rings. The molecule has 0 unspecified atom stereocenters. The third kappa shape index (κ3) is 6.60. The van der Waals surface area contributed by atoms with Crippen LogP contribution >= 0.6 is 12.2 Å². The SMILES string of the molecule is S=C=NCCC[CH2][SnH]. The van der Waals surface area contributed by atoms with Gasteiger partial charge < -0.3 is 0 Å². The van der Waals surface area contributed by atoms with Gasteiger partial charge in [-0.2, -0.15) is 0 Å². The van der Waals surface area contributed by atoms with Gasteiger partial charge in [0, 0.05) is 0 Å². The van der Waals surface area contributed by atoms with Gasteiger partial charge in [0.05, 0.1) is 0 Å². The van der Waals surface area contributed by atoms with Crippen molar-refractivity contribution in [1.29, 1.82) is 0 Å². The Morgan fingerprint density at radius 3 is 2.75 bits per heavy atom. The normalized spacial score (nSPS) is 8.12. The summed E-state index contributed by atoms with van der Waals surface area (Å²) in [7, 11) is 0. The van der Waals surface area contributed by atoms with Gasteiger partial charge in [0.25, 0.3) is 0 Å². The van der Waals surface area contributed by atoms with E-state index in [1.165, 1.54) is 39.8 Å². The average molecular weight is 234 g/mol. The third-order valence-corrected chi connectivity index (χ3v) is 2.08. The molecule has 1 nitrogen and oxygen atoms in total. The van der Waals surface area contributed by atoms with Crippen molar-refractivity contribution >= 4 is 39.9 Å². The van der Waals surface area contributed by atoms with Crippen LogP contribution in [0.1, 0.15) is 12.8 Å². The molecule has 0 aliphatic heterocycles. The fraction of sp³-hybridized carbons (Fsp3) is 0.800. The van der Waals surface area contributed by atoms with Crippen LogP contribution < -0.4 is 0 Å². The first-order chi connectivity index (χ1) is 3.91. The Kier molecular flexibility index (Phi) is 8.17. The first-order valence-electron chi connectivity index (χ1n) is 2.65. The van der Waals surface area contributed by atoms with Crippen molar-refractivity contribution in [1.82, 2.24) is 0 Å². The quantitative estimate of drug-likeness (QED) is 0.308. The second kappa shape index (κ2) is 7.60. The molecule has 44 valence electrons. The predicted octanol–water partition coefficient (Wildman–Crippen LogP) is 1.19. The molecule has 2 radical (unpaired) electrons. The molecule has 0 spiro atoms. The molecule has 0 aromatic carbocycles. The third-order valence-electron chi connectivity index (χ3n) is 0.789. The number of aliphatic imine (C=N–C) groups is 1. The predicted molar refractivity (Wildman–Crippen MR) is 41.1 cm³/mol. The minimum absolute atomic E-state index is 0.879. The Morgan fingerprint density at radius 1 is 1.50 bits per heavy atom. The van der Waals surface area contributed by atoms with Gasteiger partial charge >= 0.3 is 68.7 Å². The van der Waals surface area contributed by atoms with Crippen molar-refractivity contribution in [3.8, 4) is 0 Å². The van der Waals surface area contributed by atoms with Crippen LogP contribution in [0, 0.1) is 0 Å². The van der Waals surface area contributed by atoms with E-state index >= 15 is 0 Å². The van der Waals surface area contributed by atoms with Crippen molar-refractivity contribution in [2.24, 2.45) is 4.99 Å². The van der Waals surface area contributed by atoms with Gasteiger partial charge in [0.1, 0.15) is 0 Å². The fourth-order valence-electron chi connectivity index (χ4n) is 0.381. The van der Waals surface area contributed by atoms with E-state index in [2.05, 4.69) is 22.4 Å². The summed E-state index contributed by atoms with van der Waals surface area (Å²) in [5, 5.41) is 2.35. The number of isothiocyanates is 1. The van der Waals surface area contributed by atoms with E-state index in [-0.39, 0.29) is 0 Å². The number of rotatable bonds is 4. The number of thiocarbonyl (C=S) groups is 1. The van der Waals surface area contributed by atoms with Crippen molar-refractivity contribution in [2.45, 2.75) is 17.3 Å². The summed E-state index contributed by atoms with van der Waals surface area (Å²) >= 11 is 5.77. The van der Waals surface area contributed by atoms with Crippen molar-refractivity contribution in [3.05, 3.63) is 0 Å². The topological polar surface area (TPSA) is 12.4 Å². The molecule has 0 aliphatic carbocycles. The standard InChI is InChI=1S/C5H8NS.Sn.H/c1-2-3-4-6-5-7;;/h1-4H2;;. The van der Waals surface area contributed by atoms with Crippen LogP contribution in [-0.2, 0) is 0 Å². The van der Waals surface area contributed by atoms with Crippen LogP contribution in [0.3, 0.4) is 0 Å². The molecular weight excluding hydrogens is 225 g/mol. The molecule has 0 saturated carbocycles. The van der Waals surface area contributed by atoms with E-state index in [1.807, 2.05) is 0 Å². The van der Waals surface area contributed by atoms with Gasteiger partial charge in [-0.3, -0.25) is 0 Å². The zero-order valence-corrected chi connectivity index (χ0v) is 8.87. The molecule has 0 aromatic rings. The molecule has 0 rings (SSSR count). The summed E-state index contributed by atoms with van der Waals surface area (Å²) < 4.78 is 1.37. The summed E-state index contributed by atoms with van der Waals surface area (Å²) in [5.41, 5.74) is 0. The van der Waals surface area contributed by atoms with E-state index in [4.69, 9.17) is 0 Å². The van der Waals surface area contributed by atoms with Gasteiger partial charge in [0.15, 0.2) is 0 Å². The van der Waals surface area contributed by atoms with Crippen molar-refractivity contribution in [2.75, 3.05) is 6.54 Å². The van der Waals surface area contributed by atoms with E-state index < -0.39 is 0 Å². The summed E-state index contributed by atoms with van der Waals surface area (Å²) in [6.07, 6.45) is 2.49. The Morgan fingerprint density at radius 2 is 2.25 bits per heavy atom. The number of hydrogen-bond donors (Lipinski definition) is 0. The van der Waals surface area contributed by atoms with Gasteiger partial charge in [-0.05, 0) is 0 Å². The molecule has 0 N–H and O–H groups in total. The molecule has 3 heteroatoms. The van der Waals surface area contributed by atoms with E-state index in [0.29, 0.717) is 0 Å². The Bertz CT molecular complexity index is 88.4. The van der Waals surface area contributed by atoms with Crippen LogP contribution in [0.5, 0.6) is 0 Å². The van der Waals surface area contributed by atoms with Crippen LogP contribution in [0.4, 0.5) is 0 Å². The second-order valence-electron chi connectivity index (χ2n) is 1.47. The molecule has 0 bridgehead atoms. The number of hydrogen-bond acceptors (Lipinski definition) is 2. The Hall–Kier alpha value is 0.599. The minimum atomic E-state index is 0.879. The average Bonchev–Trinajstić information content (AvgIpc) is 1.81. The molecule has 0 saturated heterocycles. The molecular formula is C5H9NSSn. The summed E-state index contributed by atoms with van der Waals surface area (Å²) in [4.78, 5) is 3.79. The zero-order valence-electron chi connectivity index (χ0n) is 4.76. The molecule has 0 amide bonds. The first kappa shape index (κ1) is 8.60. The first-order valence-corrected chi connectivity index (χ1v) is 5.39. The monoisotopic (exact) mass is 235 g/mol. The van der Waals surface area contributed by atoms with Gasteiger partial charge in [-0.25, -0.2) is 0 Å². The van der Waals surface area contributed by atoms with E-state index in [9.17, 15) is 0 Å². The van der Waals surface area contributed by atoms with Crippen LogP contribution in [0.25, 0.3) is 0 Å².